The minimum absolute atomic E-state index is 0.173. The van der Waals surface area contributed by atoms with Crippen molar-refractivity contribution in [1.82, 2.24) is 5.32 Å². The number of methoxy groups -OCH3 is 1. The van der Waals surface area contributed by atoms with Gasteiger partial charge in [-0.3, -0.25) is 10.1 Å². The third-order valence-electron chi connectivity index (χ3n) is 2.08. The van der Waals surface area contributed by atoms with E-state index in [4.69, 9.17) is 9.84 Å². The Bertz CT molecular complexity index is 172. The van der Waals surface area contributed by atoms with E-state index in [2.05, 4.69) is 5.32 Å². The Morgan fingerprint density at radius 2 is 2.23 bits per heavy atom. The number of aliphatic carboxylic acids is 1. The Kier molecular flexibility index (Phi) is 4.95. The van der Waals surface area contributed by atoms with Crippen LogP contribution in [0, 0.1) is 0 Å². The van der Waals surface area contributed by atoms with E-state index in [1.807, 2.05) is 13.8 Å². The minimum Gasteiger partial charge on any atom is -0.480 e. The van der Waals surface area contributed by atoms with Gasteiger partial charge in [-0.05, 0) is 20.3 Å². The highest BCUT2D eigenvalue weighted by Crippen LogP contribution is 2.07. The van der Waals surface area contributed by atoms with Crippen molar-refractivity contribution in [2.45, 2.75) is 38.8 Å². The first-order chi connectivity index (χ1) is 5.96. The van der Waals surface area contributed by atoms with Crippen LogP contribution < -0.4 is 5.32 Å². The second kappa shape index (κ2) is 5.19. The number of hydrogen-bond donors (Lipinski definition) is 2. The third-order valence-corrected chi connectivity index (χ3v) is 2.08. The molecule has 0 saturated heterocycles. The number of ether oxygens (including phenoxy) is 1. The van der Waals surface area contributed by atoms with Gasteiger partial charge in [0, 0.05) is 13.2 Å². The summed E-state index contributed by atoms with van der Waals surface area (Å²) in [6.45, 7) is 5.77. The quantitative estimate of drug-likeness (QED) is 0.650. The Morgan fingerprint density at radius 1 is 1.69 bits per heavy atom. The molecule has 2 N–H and O–H groups in total. The summed E-state index contributed by atoms with van der Waals surface area (Å²) < 4.78 is 4.87. The monoisotopic (exact) mass is 189 g/mol. The number of rotatable bonds is 6. The van der Waals surface area contributed by atoms with Crippen LogP contribution in [0.25, 0.3) is 0 Å². The lowest BCUT2D eigenvalue weighted by molar-refractivity contribution is -0.146. The largest absolute Gasteiger partial charge is 0.480 e. The number of carbonyl (C=O) groups is 1. The molecule has 0 bridgehead atoms. The molecule has 0 rings (SSSR count). The summed E-state index contributed by atoms with van der Waals surface area (Å²) in [5.41, 5.74) is -0.982. The van der Waals surface area contributed by atoms with Gasteiger partial charge >= 0.3 is 5.97 Å². The predicted octanol–water partition coefficient (Wildman–Crippen LogP) is 0.864. The third kappa shape index (κ3) is 3.74. The zero-order valence-corrected chi connectivity index (χ0v) is 8.76. The van der Waals surface area contributed by atoms with Crippen LogP contribution in [0.15, 0.2) is 0 Å². The molecule has 78 valence electrons. The van der Waals surface area contributed by atoms with Crippen LogP contribution in [0.1, 0.15) is 27.2 Å². The molecule has 0 aromatic heterocycles. The topological polar surface area (TPSA) is 58.6 Å². The Hall–Kier alpha value is -0.610. The van der Waals surface area contributed by atoms with E-state index < -0.39 is 11.5 Å². The van der Waals surface area contributed by atoms with Crippen molar-refractivity contribution >= 4 is 5.97 Å². The molecule has 0 aromatic rings. The van der Waals surface area contributed by atoms with E-state index >= 15 is 0 Å². The standard InChI is InChI=1S/C9H19NO3/c1-5-7(2)10-9(3,6-13-4)8(11)12/h7,10H,5-6H2,1-4H3,(H,11,12). The van der Waals surface area contributed by atoms with Crippen LogP contribution in [0.3, 0.4) is 0 Å². The lowest BCUT2D eigenvalue weighted by Crippen LogP contribution is -2.55. The van der Waals surface area contributed by atoms with Crippen molar-refractivity contribution < 1.29 is 14.6 Å². The van der Waals surface area contributed by atoms with E-state index in [-0.39, 0.29) is 12.6 Å². The van der Waals surface area contributed by atoms with Gasteiger partial charge in [0.25, 0.3) is 0 Å². The number of nitrogens with one attached hydrogen (secondary N) is 1. The van der Waals surface area contributed by atoms with Crippen LogP contribution in [-0.4, -0.2) is 36.4 Å². The second-order valence-corrected chi connectivity index (χ2v) is 3.52. The van der Waals surface area contributed by atoms with Crippen LogP contribution in [0.5, 0.6) is 0 Å². The molecule has 0 aliphatic carbocycles. The molecule has 0 radical (unpaired) electrons. The molecule has 2 atom stereocenters. The number of hydrogen-bond acceptors (Lipinski definition) is 3. The van der Waals surface area contributed by atoms with Gasteiger partial charge in [0.05, 0.1) is 6.61 Å². The van der Waals surface area contributed by atoms with E-state index in [9.17, 15) is 4.79 Å². The summed E-state index contributed by atoms with van der Waals surface area (Å²) in [5.74, 6) is -0.880. The van der Waals surface area contributed by atoms with Gasteiger partial charge < -0.3 is 9.84 Å². The normalized spacial score (nSPS) is 17.8. The molecule has 0 heterocycles. The predicted molar refractivity (Wildman–Crippen MR) is 50.8 cm³/mol. The zero-order chi connectivity index (χ0) is 10.5. The van der Waals surface area contributed by atoms with E-state index in [0.29, 0.717) is 0 Å². The molecule has 4 nitrogen and oxygen atoms in total. The highest BCUT2D eigenvalue weighted by Gasteiger charge is 2.33. The van der Waals surface area contributed by atoms with Gasteiger partial charge in [0.15, 0.2) is 0 Å². The van der Waals surface area contributed by atoms with Gasteiger partial charge in [0.2, 0.25) is 0 Å². The number of carboxylic acid groups (broad SMARTS) is 1. The zero-order valence-electron chi connectivity index (χ0n) is 8.76. The SMILES string of the molecule is CCC(C)NC(C)(COC)C(=O)O. The Morgan fingerprint density at radius 3 is 2.54 bits per heavy atom. The maximum absolute atomic E-state index is 10.9. The molecule has 0 aliphatic heterocycles. The van der Waals surface area contributed by atoms with Crippen LogP contribution >= 0.6 is 0 Å². The Balaban J connectivity index is 4.32. The molecule has 0 aromatic carbocycles. The molecule has 13 heavy (non-hydrogen) atoms. The van der Waals surface area contributed by atoms with E-state index in [1.54, 1.807) is 6.92 Å². The van der Waals surface area contributed by atoms with Crippen molar-refractivity contribution in [2.24, 2.45) is 0 Å². The lowest BCUT2D eigenvalue weighted by atomic mass is 10.0. The van der Waals surface area contributed by atoms with E-state index in [1.165, 1.54) is 7.11 Å². The van der Waals surface area contributed by atoms with Crippen LogP contribution in [0.4, 0.5) is 0 Å². The lowest BCUT2D eigenvalue weighted by Gasteiger charge is -2.28. The highest BCUT2D eigenvalue weighted by molar-refractivity contribution is 5.78. The first-order valence-electron chi connectivity index (χ1n) is 4.46. The van der Waals surface area contributed by atoms with Crippen LogP contribution in [0.2, 0.25) is 0 Å². The van der Waals surface area contributed by atoms with Gasteiger partial charge in [-0.2, -0.15) is 0 Å². The van der Waals surface area contributed by atoms with Crippen LogP contribution in [-0.2, 0) is 9.53 Å². The fourth-order valence-electron chi connectivity index (χ4n) is 1.10. The maximum atomic E-state index is 10.9. The highest BCUT2D eigenvalue weighted by atomic mass is 16.5. The summed E-state index contributed by atoms with van der Waals surface area (Å²) in [6, 6.07) is 0.177. The van der Waals surface area contributed by atoms with Crippen molar-refractivity contribution in [1.29, 1.82) is 0 Å². The molecular weight excluding hydrogens is 170 g/mol. The summed E-state index contributed by atoms with van der Waals surface area (Å²) in [4.78, 5) is 10.9. The maximum Gasteiger partial charge on any atom is 0.326 e. The molecule has 0 aliphatic rings. The summed E-state index contributed by atoms with van der Waals surface area (Å²) in [7, 11) is 1.50. The average molecular weight is 189 g/mol. The van der Waals surface area contributed by atoms with Crippen molar-refractivity contribution in [3.63, 3.8) is 0 Å². The summed E-state index contributed by atoms with van der Waals surface area (Å²) in [5, 5.41) is 12.0. The molecule has 0 amide bonds. The van der Waals surface area contributed by atoms with Gasteiger partial charge in [0.1, 0.15) is 5.54 Å². The van der Waals surface area contributed by atoms with Crippen molar-refractivity contribution in [3.8, 4) is 0 Å². The summed E-state index contributed by atoms with van der Waals surface area (Å²) >= 11 is 0. The molecule has 4 heteroatoms. The number of carboxylic acids is 1. The molecule has 2 unspecified atom stereocenters. The first kappa shape index (κ1) is 12.4. The minimum atomic E-state index is -0.982. The molecule has 0 saturated carbocycles. The van der Waals surface area contributed by atoms with Crippen molar-refractivity contribution in [3.05, 3.63) is 0 Å². The average Bonchev–Trinajstić information content (AvgIpc) is 2.04. The second-order valence-electron chi connectivity index (χ2n) is 3.52. The summed E-state index contributed by atoms with van der Waals surface area (Å²) in [6.07, 6.45) is 0.895. The van der Waals surface area contributed by atoms with E-state index in [0.717, 1.165) is 6.42 Å². The Labute approximate surface area is 79.3 Å². The van der Waals surface area contributed by atoms with Gasteiger partial charge in [-0.25, -0.2) is 0 Å². The smallest absolute Gasteiger partial charge is 0.326 e. The van der Waals surface area contributed by atoms with Gasteiger partial charge in [-0.15, -0.1) is 0 Å². The molecule has 0 spiro atoms. The molecular formula is C9H19NO3. The fourth-order valence-corrected chi connectivity index (χ4v) is 1.10. The fraction of sp³-hybridized carbons (Fsp3) is 0.889. The molecule has 0 fully saturated rings. The van der Waals surface area contributed by atoms with Gasteiger partial charge in [-0.1, -0.05) is 6.92 Å². The van der Waals surface area contributed by atoms with Crippen molar-refractivity contribution in [2.75, 3.05) is 13.7 Å². The first-order valence-corrected chi connectivity index (χ1v) is 4.46.